The molecule has 2 rings (SSSR count). The van der Waals surface area contributed by atoms with Gasteiger partial charge in [0.25, 0.3) is 0 Å². The molecule has 0 unspecified atom stereocenters. The van der Waals surface area contributed by atoms with Crippen molar-refractivity contribution in [3.63, 3.8) is 0 Å². The molecule has 0 saturated heterocycles. The molecule has 0 bridgehead atoms. The van der Waals surface area contributed by atoms with Crippen molar-refractivity contribution < 1.29 is 0 Å². The Hall–Kier alpha value is -1.89. The summed E-state index contributed by atoms with van der Waals surface area (Å²) >= 11 is 1.16. The summed E-state index contributed by atoms with van der Waals surface area (Å²) in [7, 11) is 1.82. The molecule has 0 fully saturated rings. The minimum Gasteiger partial charge on any atom is -0.373 e. The van der Waals surface area contributed by atoms with Gasteiger partial charge in [-0.3, -0.25) is 4.79 Å². The normalized spacial score (nSPS) is 10.3. The summed E-state index contributed by atoms with van der Waals surface area (Å²) in [4.78, 5) is 22.4. The van der Waals surface area contributed by atoms with Gasteiger partial charge in [-0.05, 0) is 0 Å². The first-order chi connectivity index (χ1) is 8.71. The maximum Gasteiger partial charge on any atom is 0.304 e. The van der Waals surface area contributed by atoms with E-state index in [1.807, 2.05) is 20.0 Å². The molecule has 0 aromatic carbocycles. The van der Waals surface area contributed by atoms with E-state index in [1.165, 1.54) is 0 Å². The van der Waals surface area contributed by atoms with Crippen LogP contribution in [0.2, 0.25) is 0 Å². The molecule has 2 aromatic rings. The lowest BCUT2D eigenvalue weighted by molar-refractivity contribution is 0.930. The Kier molecular flexibility index (Phi) is 3.93. The number of rotatable bonds is 5. The van der Waals surface area contributed by atoms with Crippen LogP contribution in [0.5, 0.6) is 0 Å². The molecule has 0 aliphatic heterocycles. The third-order valence-electron chi connectivity index (χ3n) is 2.38. The number of aromatic nitrogens is 3. The van der Waals surface area contributed by atoms with E-state index in [4.69, 9.17) is 0 Å². The number of nitrogens with zero attached hydrogens (tertiary/aromatic N) is 2. The van der Waals surface area contributed by atoms with E-state index in [2.05, 4.69) is 25.6 Å². The number of aryl methyl sites for hydroxylation is 1. The zero-order valence-electron chi connectivity index (χ0n) is 10.3. The third-order valence-corrected chi connectivity index (χ3v) is 3.09. The summed E-state index contributed by atoms with van der Waals surface area (Å²) in [6.07, 6.45) is 0.777. The highest BCUT2D eigenvalue weighted by molar-refractivity contribution is 7.07. The first kappa shape index (κ1) is 12.6. The number of anilines is 2. The summed E-state index contributed by atoms with van der Waals surface area (Å²) in [5.41, 5.74) is 0.854. The lowest BCUT2D eigenvalue weighted by Gasteiger charge is -2.08. The molecule has 2 heterocycles. The van der Waals surface area contributed by atoms with Crippen LogP contribution >= 0.6 is 11.3 Å². The van der Waals surface area contributed by atoms with Crippen LogP contribution in [-0.4, -0.2) is 22.0 Å². The summed E-state index contributed by atoms with van der Waals surface area (Å²) in [6.45, 7) is 2.55. The van der Waals surface area contributed by atoms with E-state index in [9.17, 15) is 4.79 Å². The Morgan fingerprint density at radius 2 is 2.17 bits per heavy atom. The van der Waals surface area contributed by atoms with Crippen molar-refractivity contribution in [3.8, 4) is 0 Å². The van der Waals surface area contributed by atoms with Crippen LogP contribution in [0, 0.1) is 0 Å². The van der Waals surface area contributed by atoms with Crippen molar-refractivity contribution in [2.45, 2.75) is 19.9 Å². The maximum atomic E-state index is 11.0. The number of H-pyrrole nitrogens is 1. The van der Waals surface area contributed by atoms with Crippen LogP contribution in [0.25, 0.3) is 0 Å². The quantitative estimate of drug-likeness (QED) is 0.762. The summed E-state index contributed by atoms with van der Waals surface area (Å²) in [6, 6.07) is 1.84. The van der Waals surface area contributed by atoms with E-state index in [1.54, 1.807) is 5.38 Å². The molecule has 0 spiro atoms. The zero-order chi connectivity index (χ0) is 13.0. The van der Waals surface area contributed by atoms with Crippen molar-refractivity contribution >= 4 is 23.0 Å². The van der Waals surface area contributed by atoms with Crippen molar-refractivity contribution in [3.05, 3.63) is 32.6 Å². The Labute approximate surface area is 109 Å². The van der Waals surface area contributed by atoms with E-state index < -0.39 is 0 Å². The fourth-order valence-corrected chi connectivity index (χ4v) is 2.04. The fraction of sp³-hybridized carbons (Fsp3) is 0.364. The largest absolute Gasteiger partial charge is 0.373 e. The lowest BCUT2D eigenvalue weighted by Crippen LogP contribution is -2.07. The Morgan fingerprint density at radius 1 is 1.39 bits per heavy atom. The smallest absolute Gasteiger partial charge is 0.304 e. The van der Waals surface area contributed by atoms with Gasteiger partial charge in [0.1, 0.15) is 17.5 Å². The van der Waals surface area contributed by atoms with Gasteiger partial charge in [-0.15, -0.1) is 0 Å². The summed E-state index contributed by atoms with van der Waals surface area (Å²) in [5, 5.41) is 7.97. The molecule has 0 aliphatic carbocycles. The van der Waals surface area contributed by atoms with E-state index >= 15 is 0 Å². The second-order valence-electron chi connectivity index (χ2n) is 3.69. The van der Waals surface area contributed by atoms with Crippen LogP contribution in [0.4, 0.5) is 11.6 Å². The maximum absolute atomic E-state index is 11.0. The van der Waals surface area contributed by atoms with E-state index in [0.29, 0.717) is 6.54 Å². The molecule has 96 valence electrons. The van der Waals surface area contributed by atoms with Crippen LogP contribution in [0.1, 0.15) is 18.4 Å². The third kappa shape index (κ3) is 3.07. The first-order valence-corrected chi connectivity index (χ1v) is 6.55. The van der Waals surface area contributed by atoms with Crippen molar-refractivity contribution in [2.24, 2.45) is 0 Å². The van der Waals surface area contributed by atoms with Gasteiger partial charge in [0, 0.05) is 30.6 Å². The SMILES string of the molecule is CCc1nc(NC)cc(NCc2csc(=O)[nH]2)n1. The molecule has 0 saturated carbocycles. The number of nitrogens with one attached hydrogen (secondary N) is 3. The molecule has 6 nitrogen and oxygen atoms in total. The molecule has 7 heteroatoms. The first-order valence-electron chi connectivity index (χ1n) is 5.67. The van der Waals surface area contributed by atoms with Gasteiger partial charge in [0.05, 0.1) is 6.54 Å². The highest BCUT2D eigenvalue weighted by Crippen LogP contribution is 2.12. The van der Waals surface area contributed by atoms with Crippen LogP contribution in [0.3, 0.4) is 0 Å². The molecule has 0 radical (unpaired) electrons. The van der Waals surface area contributed by atoms with Gasteiger partial charge >= 0.3 is 4.87 Å². The molecule has 0 aliphatic rings. The topological polar surface area (TPSA) is 82.7 Å². The number of aromatic amines is 1. The van der Waals surface area contributed by atoms with Crippen molar-refractivity contribution in [1.82, 2.24) is 15.0 Å². The van der Waals surface area contributed by atoms with Gasteiger partial charge in [-0.25, -0.2) is 9.97 Å². The van der Waals surface area contributed by atoms with Crippen molar-refractivity contribution in [1.29, 1.82) is 0 Å². The van der Waals surface area contributed by atoms with Gasteiger partial charge in [0.2, 0.25) is 0 Å². The van der Waals surface area contributed by atoms with Gasteiger partial charge in [-0.1, -0.05) is 18.3 Å². The highest BCUT2D eigenvalue weighted by atomic mass is 32.1. The second-order valence-corrected chi connectivity index (χ2v) is 4.53. The number of hydrogen-bond acceptors (Lipinski definition) is 6. The van der Waals surface area contributed by atoms with Gasteiger partial charge in [-0.2, -0.15) is 0 Å². The Bertz CT molecular complexity index is 555. The lowest BCUT2D eigenvalue weighted by atomic mass is 10.4. The molecular formula is C11H15N5OS. The van der Waals surface area contributed by atoms with Gasteiger partial charge < -0.3 is 15.6 Å². The molecule has 0 amide bonds. The predicted octanol–water partition coefficient (Wildman–Crippen LogP) is 1.44. The standard InChI is InChI=1S/C11H15N5OS/c1-3-8-15-9(12-2)4-10(16-8)13-5-7-6-18-11(17)14-7/h4,6H,3,5H2,1-2H3,(H,14,17)(H2,12,13,15,16). The minimum absolute atomic E-state index is 0.0420. The molecule has 3 N–H and O–H groups in total. The Balaban J connectivity index is 2.10. The summed E-state index contributed by atoms with van der Waals surface area (Å²) < 4.78 is 0. The van der Waals surface area contributed by atoms with Crippen LogP contribution < -0.4 is 15.5 Å². The van der Waals surface area contributed by atoms with Gasteiger partial charge in [0.15, 0.2) is 0 Å². The minimum atomic E-state index is -0.0420. The van der Waals surface area contributed by atoms with Crippen molar-refractivity contribution in [2.75, 3.05) is 17.7 Å². The van der Waals surface area contributed by atoms with E-state index in [-0.39, 0.29) is 4.87 Å². The average molecular weight is 265 g/mol. The molecule has 18 heavy (non-hydrogen) atoms. The molecular weight excluding hydrogens is 250 g/mol. The van der Waals surface area contributed by atoms with E-state index in [0.717, 1.165) is 40.9 Å². The van der Waals surface area contributed by atoms with Crippen LogP contribution in [-0.2, 0) is 13.0 Å². The van der Waals surface area contributed by atoms with Crippen LogP contribution in [0.15, 0.2) is 16.2 Å². The Morgan fingerprint density at radius 3 is 2.78 bits per heavy atom. The molecule has 2 aromatic heterocycles. The zero-order valence-corrected chi connectivity index (χ0v) is 11.1. The number of hydrogen-bond donors (Lipinski definition) is 3. The number of thiazole rings is 1. The monoisotopic (exact) mass is 265 g/mol. The molecule has 0 atom stereocenters. The predicted molar refractivity (Wildman–Crippen MR) is 73.2 cm³/mol. The fourth-order valence-electron chi connectivity index (χ4n) is 1.46. The second kappa shape index (κ2) is 5.63. The average Bonchev–Trinajstić information content (AvgIpc) is 2.81. The highest BCUT2D eigenvalue weighted by Gasteiger charge is 2.03. The summed E-state index contributed by atoms with van der Waals surface area (Å²) in [5.74, 6) is 2.31.